The number of esters is 3. The van der Waals surface area contributed by atoms with Crippen molar-refractivity contribution in [2.75, 3.05) is 13.2 Å². The first kappa shape index (κ1) is 71.1. The third-order valence-corrected chi connectivity index (χ3v) is 14.2. The summed E-state index contributed by atoms with van der Waals surface area (Å²) in [6, 6.07) is 0. The van der Waals surface area contributed by atoms with Gasteiger partial charge in [0.05, 0.1) is 0 Å². The molecule has 0 aromatic heterocycles. The minimum absolute atomic E-state index is 0.0762. The Morgan fingerprint density at radius 3 is 0.797 bits per heavy atom. The quantitative estimate of drug-likeness (QED) is 0.0261. The SMILES string of the molecule is CCCC/C=C\C/C=C\CCCCCCCC(=O)OC(COC(=O)CCCCCCCCCCCCCCC)COC(=O)CCCCCCCCCCCCCCCC/C=C\C/C=C\C/C=C\CCCCCCC. The lowest BCUT2D eigenvalue weighted by Crippen LogP contribution is -2.30. The van der Waals surface area contributed by atoms with E-state index >= 15 is 0 Å². The highest BCUT2D eigenvalue weighted by molar-refractivity contribution is 5.71. The number of rotatable bonds is 59. The molecule has 0 saturated carbocycles. The van der Waals surface area contributed by atoms with Gasteiger partial charge in [-0.2, -0.15) is 0 Å². The maximum Gasteiger partial charge on any atom is 0.306 e. The summed E-state index contributed by atoms with van der Waals surface area (Å²) >= 11 is 0. The Morgan fingerprint density at radius 1 is 0.270 bits per heavy atom. The summed E-state index contributed by atoms with van der Waals surface area (Å²) in [5.74, 6) is -0.875. The summed E-state index contributed by atoms with van der Waals surface area (Å²) in [6.07, 6.45) is 79.5. The summed E-state index contributed by atoms with van der Waals surface area (Å²) < 4.78 is 16.9. The molecule has 0 aliphatic rings. The molecule has 0 saturated heterocycles. The Kier molecular flexibility index (Phi) is 60.2. The molecule has 430 valence electrons. The van der Waals surface area contributed by atoms with Gasteiger partial charge in [-0.1, -0.05) is 293 Å². The summed E-state index contributed by atoms with van der Waals surface area (Å²) in [6.45, 7) is 6.61. The van der Waals surface area contributed by atoms with Gasteiger partial charge in [0.1, 0.15) is 13.2 Å². The van der Waals surface area contributed by atoms with Crippen LogP contribution < -0.4 is 0 Å². The van der Waals surface area contributed by atoms with Gasteiger partial charge in [-0.05, 0) is 83.5 Å². The van der Waals surface area contributed by atoms with Gasteiger partial charge in [0.25, 0.3) is 0 Å². The lowest BCUT2D eigenvalue weighted by atomic mass is 10.0. The van der Waals surface area contributed by atoms with Crippen LogP contribution in [0.4, 0.5) is 0 Å². The summed E-state index contributed by atoms with van der Waals surface area (Å²) in [4.78, 5) is 38.2. The minimum Gasteiger partial charge on any atom is -0.462 e. The fourth-order valence-corrected chi connectivity index (χ4v) is 9.35. The van der Waals surface area contributed by atoms with Crippen LogP contribution in [0.1, 0.15) is 335 Å². The third-order valence-electron chi connectivity index (χ3n) is 14.2. The Bertz CT molecular complexity index is 1330. The van der Waals surface area contributed by atoms with Crippen molar-refractivity contribution in [2.24, 2.45) is 0 Å². The molecular formula is C68H122O6. The highest BCUT2D eigenvalue weighted by Gasteiger charge is 2.19. The first-order chi connectivity index (χ1) is 36.5. The van der Waals surface area contributed by atoms with E-state index < -0.39 is 6.10 Å². The van der Waals surface area contributed by atoms with Crippen molar-refractivity contribution in [1.29, 1.82) is 0 Å². The predicted molar refractivity (Wildman–Crippen MR) is 321 cm³/mol. The van der Waals surface area contributed by atoms with Crippen molar-refractivity contribution in [1.82, 2.24) is 0 Å². The van der Waals surface area contributed by atoms with E-state index in [1.165, 1.54) is 199 Å². The van der Waals surface area contributed by atoms with Crippen LogP contribution in [-0.2, 0) is 28.6 Å². The molecule has 0 amide bonds. The zero-order chi connectivity index (χ0) is 53.6. The molecule has 6 nitrogen and oxygen atoms in total. The number of hydrogen-bond donors (Lipinski definition) is 0. The molecule has 74 heavy (non-hydrogen) atoms. The molecule has 1 atom stereocenters. The molecule has 0 aromatic carbocycles. The molecular weight excluding hydrogens is 913 g/mol. The van der Waals surface area contributed by atoms with Crippen LogP contribution in [0.2, 0.25) is 0 Å². The van der Waals surface area contributed by atoms with Crippen LogP contribution in [0.3, 0.4) is 0 Å². The minimum atomic E-state index is -0.779. The molecule has 0 radical (unpaired) electrons. The van der Waals surface area contributed by atoms with E-state index in [1.54, 1.807) is 0 Å². The van der Waals surface area contributed by atoms with Gasteiger partial charge in [-0.3, -0.25) is 14.4 Å². The largest absolute Gasteiger partial charge is 0.462 e. The first-order valence-corrected chi connectivity index (χ1v) is 32.3. The van der Waals surface area contributed by atoms with Crippen LogP contribution >= 0.6 is 0 Å². The van der Waals surface area contributed by atoms with E-state index in [0.29, 0.717) is 19.3 Å². The molecule has 1 unspecified atom stereocenters. The molecule has 0 heterocycles. The Hall–Kier alpha value is -2.89. The standard InChI is InChI=1S/C68H122O6/c1-4-7-10-13-16-19-22-25-27-28-29-30-31-32-33-34-35-36-37-38-39-40-41-44-46-49-52-55-58-61-67(70)73-64-65(63-72-66(69)60-57-54-51-48-45-42-24-21-18-15-12-9-6-3)74-68(71)62-59-56-53-50-47-43-26-23-20-17-14-11-8-5-2/h14,17,22-23,25-26,28-29,31-32,65H,4-13,15-16,18-21,24,27,30,33-64H2,1-3H3/b17-14-,25-22-,26-23-,29-28-,32-31-. The van der Waals surface area contributed by atoms with Crippen LogP contribution in [0.5, 0.6) is 0 Å². The molecule has 6 heteroatoms. The molecule has 0 N–H and O–H groups in total. The van der Waals surface area contributed by atoms with E-state index in [4.69, 9.17) is 14.2 Å². The number of carbonyl (C=O) groups excluding carboxylic acids is 3. The maximum atomic E-state index is 12.9. The fraction of sp³-hybridized carbons (Fsp3) is 0.809. The van der Waals surface area contributed by atoms with Gasteiger partial charge in [-0.15, -0.1) is 0 Å². The van der Waals surface area contributed by atoms with Crippen molar-refractivity contribution in [3.05, 3.63) is 60.8 Å². The smallest absolute Gasteiger partial charge is 0.306 e. The van der Waals surface area contributed by atoms with Crippen LogP contribution in [0.25, 0.3) is 0 Å². The van der Waals surface area contributed by atoms with E-state index in [0.717, 1.165) is 96.3 Å². The molecule has 0 aliphatic carbocycles. The van der Waals surface area contributed by atoms with Gasteiger partial charge >= 0.3 is 17.9 Å². The summed E-state index contributed by atoms with van der Waals surface area (Å²) in [5, 5.41) is 0. The summed E-state index contributed by atoms with van der Waals surface area (Å²) in [5.41, 5.74) is 0. The van der Waals surface area contributed by atoms with E-state index in [9.17, 15) is 14.4 Å². The number of allylic oxidation sites excluding steroid dienone is 10. The number of unbranched alkanes of at least 4 members (excludes halogenated alkanes) is 38. The number of hydrogen-bond acceptors (Lipinski definition) is 6. The maximum absolute atomic E-state index is 12.9. The highest BCUT2D eigenvalue weighted by Crippen LogP contribution is 2.17. The Morgan fingerprint density at radius 2 is 0.500 bits per heavy atom. The van der Waals surface area contributed by atoms with Crippen molar-refractivity contribution in [3.63, 3.8) is 0 Å². The van der Waals surface area contributed by atoms with Gasteiger partial charge < -0.3 is 14.2 Å². The molecule has 0 rings (SSSR count). The van der Waals surface area contributed by atoms with E-state index in [2.05, 4.69) is 81.5 Å². The number of carbonyl (C=O) groups is 3. The average molecular weight is 1040 g/mol. The monoisotopic (exact) mass is 1030 g/mol. The van der Waals surface area contributed by atoms with Crippen molar-refractivity contribution in [3.8, 4) is 0 Å². The van der Waals surface area contributed by atoms with E-state index in [-0.39, 0.29) is 31.1 Å². The zero-order valence-corrected chi connectivity index (χ0v) is 49.4. The number of ether oxygens (including phenoxy) is 3. The fourth-order valence-electron chi connectivity index (χ4n) is 9.35. The van der Waals surface area contributed by atoms with Gasteiger partial charge in [0, 0.05) is 19.3 Å². The first-order valence-electron chi connectivity index (χ1n) is 32.3. The van der Waals surface area contributed by atoms with Crippen LogP contribution in [0.15, 0.2) is 60.8 Å². The molecule has 0 fully saturated rings. The predicted octanol–water partition coefficient (Wildman–Crippen LogP) is 21.9. The second-order valence-electron chi connectivity index (χ2n) is 21.7. The van der Waals surface area contributed by atoms with Gasteiger partial charge in [0.15, 0.2) is 6.10 Å². The zero-order valence-electron chi connectivity index (χ0n) is 49.4. The van der Waals surface area contributed by atoms with Crippen LogP contribution in [-0.4, -0.2) is 37.2 Å². The average Bonchev–Trinajstić information content (AvgIpc) is 3.40. The Balaban J connectivity index is 4.19. The molecule has 0 aromatic rings. The van der Waals surface area contributed by atoms with Crippen molar-refractivity contribution < 1.29 is 28.6 Å². The molecule has 0 spiro atoms. The second-order valence-corrected chi connectivity index (χ2v) is 21.7. The van der Waals surface area contributed by atoms with Crippen molar-refractivity contribution >= 4 is 17.9 Å². The lowest BCUT2D eigenvalue weighted by Gasteiger charge is -2.18. The second kappa shape index (κ2) is 62.6. The third kappa shape index (κ3) is 60.0. The lowest BCUT2D eigenvalue weighted by molar-refractivity contribution is -0.167. The van der Waals surface area contributed by atoms with Gasteiger partial charge in [-0.25, -0.2) is 0 Å². The summed E-state index contributed by atoms with van der Waals surface area (Å²) in [7, 11) is 0. The normalized spacial score (nSPS) is 12.4. The van der Waals surface area contributed by atoms with E-state index in [1.807, 2.05) is 0 Å². The van der Waals surface area contributed by atoms with Gasteiger partial charge in [0.2, 0.25) is 0 Å². The molecule has 0 aliphatic heterocycles. The topological polar surface area (TPSA) is 78.9 Å². The Labute approximate surface area is 460 Å². The highest BCUT2D eigenvalue weighted by atomic mass is 16.6. The van der Waals surface area contributed by atoms with Crippen molar-refractivity contribution in [2.45, 2.75) is 341 Å². The van der Waals surface area contributed by atoms with Crippen LogP contribution in [0, 0.1) is 0 Å². The molecule has 0 bridgehead atoms.